The number of carbonyl (C=O) groups is 3. The highest BCUT2D eigenvalue weighted by atomic mass is 35.5. The normalized spacial score (nSPS) is 28.5. The predicted molar refractivity (Wildman–Crippen MR) is 124 cm³/mol. The van der Waals surface area contributed by atoms with Crippen LogP contribution in [0.2, 0.25) is 5.02 Å². The Hall–Kier alpha value is -2.90. The zero-order chi connectivity index (χ0) is 23.9. The van der Waals surface area contributed by atoms with Crippen LogP contribution in [-0.4, -0.2) is 39.3 Å². The van der Waals surface area contributed by atoms with Gasteiger partial charge in [-0.1, -0.05) is 29.8 Å². The SMILES string of the molecule is Cc1c(Cl)ccc2c1NC(=O)C21NC(Cc2ccc(O)cc2)C2C(=O)N(C(C)(C)C)C(=O)C21. The van der Waals surface area contributed by atoms with Gasteiger partial charge in [0.1, 0.15) is 11.3 Å². The number of nitrogens with one attached hydrogen (secondary N) is 2. The fourth-order valence-corrected chi connectivity index (χ4v) is 5.87. The minimum Gasteiger partial charge on any atom is -0.508 e. The topological polar surface area (TPSA) is 98.7 Å². The number of rotatable bonds is 2. The third-order valence-corrected chi connectivity index (χ3v) is 7.56. The summed E-state index contributed by atoms with van der Waals surface area (Å²) in [6.07, 6.45) is 0.426. The predicted octanol–water partition coefficient (Wildman–Crippen LogP) is 3.12. The van der Waals surface area contributed by atoms with Crippen LogP contribution in [0.25, 0.3) is 0 Å². The summed E-state index contributed by atoms with van der Waals surface area (Å²) in [7, 11) is 0. The van der Waals surface area contributed by atoms with E-state index >= 15 is 0 Å². The molecule has 4 unspecified atom stereocenters. The van der Waals surface area contributed by atoms with Crippen LogP contribution >= 0.6 is 11.6 Å². The van der Waals surface area contributed by atoms with Crippen LogP contribution in [0.5, 0.6) is 5.75 Å². The third kappa shape index (κ3) is 2.95. The van der Waals surface area contributed by atoms with Gasteiger partial charge in [-0.05, 0) is 63.4 Å². The fourth-order valence-electron chi connectivity index (χ4n) is 5.71. The number of aromatic hydroxyl groups is 1. The maximum Gasteiger partial charge on any atom is 0.250 e. The van der Waals surface area contributed by atoms with Gasteiger partial charge in [0.15, 0.2) is 0 Å². The van der Waals surface area contributed by atoms with Crippen molar-refractivity contribution in [1.82, 2.24) is 10.2 Å². The van der Waals surface area contributed by atoms with E-state index in [0.717, 1.165) is 11.1 Å². The molecule has 3 N–H and O–H groups in total. The van der Waals surface area contributed by atoms with Crippen molar-refractivity contribution < 1.29 is 19.5 Å². The Bertz CT molecular complexity index is 1200. The van der Waals surface area contributed by atoms with Gasteiger partial charge in [0.05, 0.1) is 17.5 Å². The molecule has 33 heavy (non-hydrogen) atoms. The molecule has 172 valence electrons. The second kappa shape index (κ2) is 7.05. The van der Waals surface area contributed by atoms with Crippen LogP contribution in [0, 0.1) is 18.8 Å². The maximum atomic E-state index is 13.8. The number of phenolic OH excluding ortho intramolecular Hbond substituents is 1. The van der Waals surface area contributed by atoms with Crippen molar-refractivity contribution in [3.8, 4) is 5.75 Å². The van der Waals surface area contributed by atoms with Crippen LogP contribution in [0.1, 0.15) is 37.5 Å². The van der Waals surface area contributed by atoms with E-state index in [2.05, 4.69) is 10.6 Å². The van der Waals surface area contributed by atoms with E-state index in [1.807, 2.05) is 27.7 Å². The van der Waals surface area contributed by atoms with Crippen molar-refractivity contribution in [3.05, 3.63) is 58.1 Å². The lowest BCUT2D eigenvalue weighted by molar-refractivity contribution is -0.147. The molecule has 3 amide bonds. The smallest absolute Gasteiger partial charge is 0.250 e. The Morgan fingerprint density at radius 1 is 1.06 bits per heavy atom. The molecule has 5 rings (SSSR count). The van der Waals surface area contributed by atoms with Crippen LogP contribution in [0.3, 0.4) is 0 Å². The van der Waals surface area contributed by atoms with Crippen LogP contribution in [-0.2, 0) is 26.3 Å². The van der Waals surface area contributed by atoms with E-state index in [9.17, 15) is 19.5 Å². The van der Waals surface area contributed by atoms with Crippen molar-refractivity contribution >= 4 is 35.0 Å². The van der Waals surface area contributed by atoms with Crippen LogP contribution < -0.4 is 10.6 Å². The van der Waals surface area contributed by atoms with Gasteiger partial charge in [0.25, 0.3) is 0 Å². The molecule has 8 heteroatoms. The van der Waals surface area contributed by atoms with Gasteiger partial charge in [-0.25, -0.2) is 0 Å². The number of hydrogen-bond donors (Lipinski definition) is 3. The quantitative estimate of drug-likeness (QED) is 0.589. The molecule has 2 fully saturated rings. The van der Waals surface area contributed by atoms with Gasteiger partial charge in [0.2, 0.25) is 17.7 Å². The summed E-state index contributed by atoms with van der Waals surface area (Å²) in [4.78, 5) is 42.3. The van der Waals surface area contributed by atoms with E-state index in [4.69, 9.17) is 11.6 Å². The van der Waals surface area contributed by atoms with Gasteiger partial charge in [-0.3, -0.25) is 24.6 Å². The lowest BCUT2D eigenvalue weighted by Gasteiger charge is -2.34. The van der Waals surface area contributed by atoms with Crippen molar-refractivity contribution in [1.29, 1.82) is 0 Å². The second-order valence-electron chi connectivity index (χ2n) is 10.2. The van der Waals surface area contributed by atoms with E-state index in [-0.39, 0.29) is 23.5 Å². The number of imide groups is 1. The summed E-state index contributed by atoms with van der Waals surface area (Å²) in [5.74, 6) is -2.37. The van der Waals surface area contributed by atoms with E-state index in [1.165, 1.54) is 4.90 Å². The average Bonchev–Trinajstić information content (AvgIpc) is 3.31. The Morgan fingerprint density at radius 2 is 1.73 bits per heavy atom. The summed E-state index contributed by atoms with van der Waals surface area (Å²) in [5.41, 5.74) is 0.791. The zero-order valence-corrected chi connectivity index (χ0v) is 19.7. The summed E-state index contributed by atoms with van der Waals surface area (Å²) >= 11 is 6.31. The summed E-state index contributed by atoms with van der Waals surface area (Å²) < 4.78 is 0. The van der Waals surface area contributed by atoms with Crippen molar-refractivity contribution in [3.63, 3.8) is 0 Å². The number of phenols is 1. The molecule has 3 heterocycles. The molecule has 3 aliphatic rings. The molecule has 3 aliphatic heterocycles. The molecule has 1 spiro atoms. The standard InChI is InChI=1S/C25H26ClN3O4/c1-12-16(26)10-9-15-20(12)27-23(33)25(15)19-18(21(31)29(22(19)32)24(2,3)4)17(28-25)11-13-5-7-14(30)8-6-13/h5-10,17-19,28,30H,11H2,1-4H3,(H,27,33). The van der Waals surface area contributed by atoms with Gasteiger partial charge in [-0.2, -0.15) is 0 Å². The number of fused-ring (bicyclic) bond motifs is 4. The number of amides is 3. The number of likely N-dealkylation sites (tertiary alicyclic amines) is 1. The first-order valence-electron chi connectivity index (χ1n) is 11.0. The molecule has 2 saturated heterocycles. The maximum absolute atomic E-state index is 13.8. The molecular weight excluding hydrogens is 442 g/mol. The number of anilines is 1. The number of nitrogens with zero attached hydrogens (tertiary/aromatic N) is 1. The van der Waals surface area contributed by atoms with Crippen molar-refractivity contribution in [2.75, 3.05) is 5.32 Å². The largest absolute Gasteiger partial charge is 0.508 e. The summed E-state index contributed by atoms with van der Waals surface area (Å²) in [5, 5.41) is 16.5. The van der Waals surface area contributed by atoms with Crippen molar-refractivity contribution in [2.45, 2.75) is 51.2 Å². The number of benzene rings is 2. The van der Waals surface area contributed by atoms with Gasteiger partial charge in [0, 0.05) is 22.2 Å². The molecule has 0 bridgehead atoms. The highest BCUT2D eigenvalue weighted by Gasteiger charge is 2.71. The van der Waals surface area contributed by atoms with E-state index in [0.29, 0.717) is 22.7 Å². The highest BCUT2D eigenvalue weighted by Crippen LogP contribution is 2.55. The van der Waals surface area contributed by atoms with Crippen LogP contribution in [0.4, 0.5) is 5.69 Å². The number of carbonyl (C=O) groups excluding carboxylic acids is 3. The molecule has 2 aromatic carbocycles. The van der Waals surface area contributed by atoms with Crippen molar-refractivity contribution in [2.24, 2.45) is 11.8 Å². The molecular formula is C25H26ClN3O4. The monoisotopic (exact) mass is 467 g/mol. The average molecular weight is 468 g/mol. The lowest BCUT2D eigenvalue weighted by atomic mass is 9.76. The van der Waals surface area contributed by atoms with Gasteiger partial charge >= 0.3 is 0 Å². The summed E-state index contributed by atoms with van der Waals surface area (Å²) in [6.45, 7) is 7.30. The van der Waals surface area contributed by atoms with Gasteiger partial charge < -0.3 is 10.4 Å². The first kappa shape index (κ1) is 21.9. The molecule has 4 atom stereocenters. The number of halogens is 1. The minimum absolute atomic E-state index is 0.148. The van der Waals surface area contributed by atoms with Crippen LogP contribution in [0.15, 0.2) is 36.4 Å². The summed E-state index contributed by atoms with van der Waals surface area (Å²) in [6, 6.07) is 9.79. The molecule has 0 aromatic heterocycles. The first-order valence-corrected chi connectivity index (χ1v) is 11.4. The molecule has 2 aromatic rings. The Kier molecular flexibility index (Phi) is 4.68. The molecule has 0 saturated carbocycles. The zero-order valence-electron chi connectivity index (χ0n) is 18.9. The third-order valence-electron chi connectivity index (χ3n) is 7.15. The molecule has 0 aliphatic carbocycles. The second-order valence-corrected chi connectivity index (χ2v) is 10.6. The first-order chi connectivity index (χ1) is 15.5. The Morgan fingerprint density at radius 3 is 2.36 bits per heavy atom. The minimum atomic E-state index is -1.36. The number of hydrogen-bond acceptors (Lipinski definition) is 5. The fraction of sp³-hybridized carbons (Fsp3) is 0.400. The Labute approximate surface area is 197 Å². The molecule has 7 nitrogen and oxygen atoms in total. The van der Waals surface area contributed by atoms with E-state index in [1.54, 1.807) is 36.4 Å². The van der Waals surface area contributed by atoms with E-state index < -0.39 is 29.0 Å². The Balaban J connectivity index is 1.67. The van der Waals surface area contributed by atoms with Gasteiger partial charge in [-0.15, -0.1) is 0 Å². The lowest BCUT2D eigenvalue weighted by Crippen LogP contribution is -2.56. The highest BCUT2D eigenvalue weighted by molar-refractivity contribution is 6.32. The molecule has 0 radical (unpaired) electrons.